The molecule has 32 heavy (non-hydrogen) atoms. The van der Waals surface area contributed by atoms with E-state index >= 15 is 0 Å². The number of nitriles is 1. The summed E-state index contributed by atoms with van der Waals surface area (Å²) in [5.41, 5.74) is 6.22. The highest BCUT2D eigenvalue weighted by Crippen LogP contribution is 2.40. The summed E-state index contributed by atoms with van der Waals surface area (Å²) in [4.78, 5) is 16.4. The average molecular weight is 464 g/mol. The van der Waals surface area contributed by atoms with Crippen LogP contribution in [0.15, 0.2) is 59.3 Å². The number of carbonyl (C=O) groups is 1. The zero-order valence-electron chi connectivity index (χ0n) is 17.0. The zero-order chi connectivity index (χ0) is 23.6. The Morgan fingerprint density at radius 1 is 1.34 bits per heavy atom. The monoisotopic (exact) mass is 463 g/mol. The van der Waals surface area contributed by atoms with Gasteiger partial charge in [-0.1, -0.05) is 35.9 Å². The second-order valence-electron chi connectivity index (χ2n) is 6.79. The Kier molecular flexibility index (Phi) is 6.46. The van der Waals surface area contributed by atoms with Crippen molar-refractivity contribution in [3.05, 3.63) is 75.5 Å². The van der Waals surface area contributed by atoms with E-state index in [4.69, 9.17) is 26.8 Å². The number of halogens is 4. The van der Waals surface area contributed by atoms with Gasteiger partial charge in [0.25, 0.3) is 0 Å². The maximum atomic E-state index is 12.9. The fourth-order valence-electron chi connectivity index (χ4n) is 3.33. The van der Waals surface area contributed by atoms with Crippen LogP contribution in [0.3, 0.4) is 0 Å². The zero-order valence-corrected chi connectivity index (χ0v) is 17.7. The fraction of sp³-hybridized carbons (Fsp3) is 0.227. The van der Waals surface area contributed by atoms with Crippen molar-refractivity contribution in [3.63, 3.8) is 0 Å². The van der Waals surface area contributed by atoms with Crippen LogP contribution in [0.25, 0.3) is 11.3 Å². The van der Waals surface area contributed by atoms with Crippen molar-refractivity contribution in [1.82, 2.24) is 4.98 Å². The molecule has 1 aromatic heterocycles. The van der Waals surface area contributed by atoms with Crippen LogP contribution in [0.1, 0.15) is 30.9 Å². The van der Waals surface area contributed by atoms with Gasteiger partial charge in [-0.2, -0.15) is 18.4 Å². The first-order valence-corrected chi connectivity index (χ1v) is 9.74. The average Bonchev–Trinajstić information content (AvgIpc) is 2.73. The van der Waals surface area contributed by atoms with Crippen molar-refractivity contribution in [1.29, 1.82) is 5.26 Å². The van der Waals surface area contributed by atoms with Crippen molar-refractivity contribution in [2.24, 2.45) is 5.73 Å². The van der Waals surface area contributed by atoms with Crippen LogP contribution in [-0.4, -0.2) is 17.6 Å². The first-order valence-electron chi connectivity index (χ1n) is 9.37. The van der Waals surface area contributed by atoms with E-state index < -0.39 is 23.6 Å². The number of esters is 1. The van der Waals surface area contributed by atoms with E-state index in [1.165, 1.54) is 0 Å². The normalized spacial score (nSPS) is 16.5. The number of rotatable bonds is 4. The van der Waals surface area contributed by atoms with Gasteiger partial charge < -0.3 is 15.2 Å². The van der Waals surface area contributed by atoms with E-state index in [2.05, 4.69) is 4.98 Å². The van der Waals surface area contributed by atoms with Gasteiger partial charge >= 0.3 is 12.1 Å². The van der Waals surface area contributed by atoms with Crippen molar-refractivity contribution in [2.45, 2.75) is 25.9 Å². The molecule has 2 N–H and O–H groups in total. The minimum atomic E-state index is -4.56. The van der Waals surface area contributed by atoms with Crippen LogP contribution < -0.4 is 5.73 Å². The second-order valence-corrected chi connectivity index (χ2v) is 7.20. The molecule has 166 valence electrons. The number of hydrogen-bond acceptors (Lipinski definition) is 6. The number of ether oxygens (including phenoxy) is 2. The van der Waals surface area contributed by atoms with Gasteiger partial charge in [0, 0.05) is 11.8 Å². The molecule has 10 heteroatoms. The summed E-state index contributed by atoms with van der Waals surface area (Å²) < 4.78 is 49.1. The molecule has 3 rings (SSSR count). The standard InChI is InChI=1S/C22H17ClF3N3O3/c1-3-31-21(30)17-11(2)32-20(28)15(9-27)18(17)12-4-6-13(7-5-12)19-16(23)8-14(10-29-19)22(24,25)26/h4-8,10,18H,3,28H2,1-2H3. The fourth-order valence-corrected chi connectivity index (χ4v) is 3.60. The third kappa shape index (κ3) is 4.41. The van der Waals surface area contributed by atoms with Crippen LogP contribution >= 0.6 is 11.6 Å². The van der Waals surface area contributed by atoms with Gasteiger partial charge in [-0.15, -0.1) is 0 Å². The topological polar surface area (TPSA) is 98.2 Å². The second kappa shape index (κ2) is 8.93. The molecule has 1 aliphatic heterocycles. The van der Waals surface area contributed by atoms with Crippen molar-refractivity contribution >= 4 is 17.6 Å². The van der Waals surface area contributed by atoms with Crippen molar-refractivity contribution < 1.29 is 27.4 Å². The first-order chi connectivity index (χ1) is 15.1. The summed E-state index contributed by atoms with van der Waals surface area (Å²) in [7, 11) is 0. The van der Waals surface area contributed by atoms with Crippen LogP contribution in [0.4, 0.5) is 13.2 Å². The number of nitrogens with two attached hydrogens (primary N) is 1. The van der Waals surface area contributed by atoms with E-state index in [0.717, 1.165) is 6.07 Å². The summed E-state index contributed by atoms with van der Waals surface area (Å²) >= 11 is 6.03. The molecule has 0 aliphatic carbocycles. The van der Waals surface area contributed by atoms with Crippen LogP contribution in [0, 0.1) is 11.3 Å². The van der Waals surface area contributed by atoms with Gasteiger partial charge in [-0.3, -0.25) is 4.98 Å². The highest BCUT2D eigenvalue weighted by molar-refractivity contribution is 6.33. The van der Waals surface area contributed by atoms with E-state index in [-0.39, 0.29) is 40.1 Å². The van der Waals surface area contributed by atoms with Crippen LogP contribution in [-0.2, 0) is 20.4 Å². The molecule has 1 aromatic carbocycles. The van der Waals surface area contributed by atoms with Gasteiger partial charge in [-0.05, 0) is 25.5 Å². The lowest BCUT2D eigenvalue weighted by Crippen LogP contribution is -2.25. The molecule has 1 atom stereocenters. The summed E-state index contributed by atoms with van der Waals surface area (Å²) in [6.07, 6.45) is -3.86. The molecule has 0 bridgehead atoms. The van der Waals surface area contributed by atoms with Gasteiger partial charge in [-0.25, -0.2) is 4.79 Å². The molecular formula is C22H17ClF3N3O3. The number of nitrogens with zero attached hydrogens (tertiary/aromatic N) is 2. The Morgan fingerprint density at radius 3 is 2.53 bits per heavy atom. The Labute approximate surface area is 186 Å². The van der Waals surface area contributed by atoms with Crippen molar-refractivity contribution in [3.8, 4) is 17.3 Å². The van der Waals surface area contributed by atoms with Crippen LogP contribution in [0.5, 0.6) is 0 Å². The Hall–Kier alpha value is -3.51. The molecule has 0 saturated carbocycles. The molecule has 1 aliphatic rings. The lowest BCUT2D eigenvalue weighted by Gasteiger charge is -2.27. The summed E-state index contributed by atoms with van der Waals surface area (Å²) in [5, 5.41) is 9.44. The molecule has 0 fully saturated rings. The van der Waals surface area contributed by atoms with Gasteiger partial charge in [0.15, 0.2) is 0 Å². The maximum absolute atomic E-state index is 12.9. The number of carbonyl (C=O) groups excluding carboxylic acids is 1. The smallest absolute Gasteiger partial charge is 0.417 e. The quantitative estimate of drug-likeness (QED) is 0.636. The Bertz CT molecular complexity index is 1170. The van der Waals surface area contributed by atoms with E-state index in [1.54, 1.807) is 38.1 Å². The summed E-state index contributed by atoms with van der Waals surface area (Å²) in [6, 6.07) is 9.15. The number of alkyl halides is 3. The Morgan fingerprint density at radius 2 is 2.00 bits per heavy atom. The largest absolute Gasteiger partial charge is 0.463 e. The molecule has 0 saturated heterocycles. The summed E-state index contributed by atoms with van der Waals surface area (Å²) in [5.74, 6) is -1.40. The predicted octanol–water partition coefficient (Wildman–Crippen LogP) is 5.07. The van der Waals surface area contributed by atoms with Gasteiger partial charge in [0.2, 0.25) is 5.88 Å². The Balaban J connectivity index is 2.03. The molecule has 1 unspecified atom stereocenters. The highest BCUT2D eigenvalue weighted by Gasteiger charge is 2.36. The van der Waals surface area contributed by atoms with Gasteiger partial charge in [0.1, 0.15) is 17.4 Å². The molecule has 0 amide bonds. The molecule has 2 aromatic rings. The highest BCUT2D eigenvalue weighted by atomic mass is 35.5. The van der Waals surface area contributed by atoms with E-state index in [0.29, 0.717) is 17.3 Å². The predicted molar refractivity (Wildman–Crippen MR) is 110 cm³/mol. The third-order valence-corrected chi connectivity index (χ3v) is 5.08. The minimum Gasteiger partial charge on any atom is -0.463 e. The van der Waals surface area contributed by atoms with Crippen LogP contribution in [0.2, 0.25) is 5.02 Å². The minimum absolute atomic E-state index is 0.0390. The number of pyridine rings is 1. The number of aromatic nitrogens is 1. The third-order valence-electron chi connectivity index (χ3n) is 4.79. The SMILES string of the molecule is CCOC(=O)C1=C(C)OC(N)=C(C#N)C1c1ccc(-c2ncc(C(F)(F)F)cc2Cl)cc1. The molecule has 2 heterocycles. The van der Waals surface area contributed by atoms with Gasteiger partial charge in [0.05, 0.1) is 34.4 Å². The lowest BCUT2D eigenvalue weighted by atomic mass is 9.82. The number of allylic oxidation sites excluding steroid dienone is 2. The maximum Gasteiger partial charge on any atom is 0.417 e. The number of hydrogen-bond donors (Lipinski definition) is 1. The van der Waals surface area contributed by atoms with E-state index in [1.807, 2.05) is 6.07 Å². The molecular weight excluding hydrogens is 447 g/mol. The van der Waals surface area contributed by atoms with E-state index in [9.17, 15) is 23.2 Å². The number of benzene rings is 1. The lowest BCUT2D eigenvalue weighted by molar-refractivity contribution is -0.139. The summed E-state index contributed by atoms with van der Waals surface area (Å²) in [6.45, 7) is 3.32. The van der Waals surface area contributed by atoms with Crippen molar-refractivity contribution in [2.75, 3.05) is 6.61 Å². The molecule has 0 spiro atoms. The molecule has 6 nitrogen and oxygen atoms in total. The first kappa shape index (κ1) is 23.2. The molecule has 0 radical (unpaired) electrons.